The zero-order chi connectivity index (χ0) is 23.1. The first-order valence-electron chi connectivity index (χ1n) is 10.7. The molecule has 2 aromatic heterocycles. The molecule has 0 spiro atoms. The molecule has 8 nitrogen and oxygen atoms in total. The van der Waals surface area contributed by atoms with Crippen molar-refractivity contribution < 1.29 is 23.8 Å². The Morgan fingerprint density at radius 1 is 1.29 bits per heavy atom. The van der Waals surface area contributed by atoms with E-state index < -0.39 is 17.3 Å². The van der Waals surface area contributed by atoms with E-state index in [0.29, 0.717) is 30.6 Å². The lowest BCUT2D eigenvalue weighted by atomic mass is 10.1. The van der Waals surface area contributed by atoms with E-state index in [2.05, 4.69) is 4.98 Å². The van der Waals surface area contributed by atoms with Gasteiger partial charge in [0, 0.05) is 26.1 Å². The number of halogens is 1. The molecular formula is C22H30FN3O5. The topological polar surface area (TPSA) is 101 Å². The van der Waals surface area contributed by atoms with Crippen molar-refractivity contribution in [2.24, 2.45) is 0 Å². The van der Waals surface area contributed by atoms with E-state index in [4.69, 9.17) is 9.84 Å². The number of carbonyl (C=O) groups excluding carboxylic acids is 2. The van der Waals surface area contributed by atoms with Gasteiger partial charge >= 0.3 is 5.97 Å². The van der Waals surface area contributed by atoms with Crippen molar-refractivity contribution in [1.82, 2.24) is 9.38 Å². The van der Waals surface area contributed by atoms with Gasteiger partial charge in [0.2, 0.25) is 5.69 Å². The molecule has 1 saturated heterocycles. The Morgan fingerprint density at radius 3 is 2.42 bits per heavy atom. The zero-order valence-corrected chi connectivity index (χ0v) is 18.5. The Labute approximate surface area is 180 Å². The van der Waals surface area contributed by atoms with Crippen LogP contribution in [0.4, 0.5) is 10.1 Å². The van der Waals surface area contributed by atoms with Crippen LogP contribution in [0.25, 0.3) is 5.52 Å². The van der Waals surface area contributed by atoms with E-state index >= 15 is 0 Å². The molecule has 0 radical (unpaired) electrons. The highest BCUT2D eigenvalue weighted by atomic mass is 19.1. The number of hydrogen-bond donors (Lipinski definition) is 1. The summed E-state index contributed by atoms with van der Waals surface area (Å²) in [6.07, 6.45) is 5.18. The van der Waals surface area contributed by atoms with Crippen molar-refractivity contribution in [1.29, 1.82) is 0 Å². The summed E-state index contributed by atoms with van der Waals surface area (Å²) in [6.45, 7) is 7.05. The van der Waals surface area contributed by atoms with Gasteiger partial charge in [0.25, 0.3) is 5.56 Å². The predicted molar refractivity (Wildman–Crippen MR) is 116 cm³/mol. The number of nitrogens with zero attached hydrogens (tertiary/aromatic N) is 3. The number of aromatic nitrogens is 2. The van der Waals surface area contributed by atoms with Crippen LogP contribution in [-0.4, -0.2) is 53.6 Å². The molecule has 0 aromatic carbocycles. The van der Waals surface area contributed by atoms with E-state index in [-0.39, 0.29) is 29.5 Å². The number of aliphatic hydroxyl groups excluding tert-OH is 1. The monoisotopic (exact) mass is 435 g/mol. The number of pyridine rings is 1. The quantitative estimate of drug-likeness (QED) is 0.569. The smallest absolute Gasteiger partial charge is 0.362 e. The number of anilines is 1. The maximum Gasteiger partial charge on any atom is 0.362 e. The number of aliphatic hydroxyl groups is 1. The van der Waals surface area contributed by atoms with E-state index in [0.717, 1.165) is 43.4 Å². The Morgan fingerprint density at radius 2 is 1.90 bits per heavy atom. The fourth-order valence-corrected chi connectivity index (χ4v) is 3.71. The summed E-state index contributed by atoms with van der Waals surface area (Å²) in [5.41, 5.74) is -0.0217. The third-order valence-corrected chi connectivity index (χ3v) is 5.09. The molecule has 0 bridgehead atoms. The Bertz CT molecular complexity index is 995. The van der Waals surface area contributed by atoms with E-state index in [9.17, 15) is 18.8 Å². The van der Waals surface area contributed by atoms with Crippen LogP contribution in [0.5, 0.6) is 0 Å². The lowest BCUT2D eigenvalue weighted by molar-refractivity contribution is 0.0516. The summed E-state index contributed by atoms with van der Waals surface area (Å²) in [5, 5.41) is 7.00. The van der Waals surface area contributed by atoms with Crippen LogP contribution in [-0.2, 0) is 4.74 Å². The highest BCUT2D eigenvalue weighted by molar-refractivity contribution is 5.96. The minimum atomic E-state index is -0.838. The number of esters is 1. The molecule has 4 rings (SSSR count). The van der Waals surface area contributed by atoms with Crippen molar-refractivity contribution in [3.8, 4) is 0 Å². The molecular weight excluding hydrogens is 405 g/mol. The van der Waals surface area contributed by atoms with Crippen molar-refractivity contribution in [2.75, 3.05) is 31.7 Å². The van der Waals surface area contributed by atoms with Gasteiger partial charge in [-0.1, -0.05) is 13.8 Å². The number of carbonyl (C=O) groups is 2. The molecule has 0 unspecified atom stereocenters. The number of rotatable bonds is 5. The molecule has 9 heteroatoms. The molecule has 2 aliphatic rings. The minimum Gasteiger partial charge on any atom is -0.461 e. The van der Waals surface area contributed by atoms with Crippen LogP contribution < -0.4 is 10.5 Å². The molecule has 1 saturated carbocycles. The van der Waals surface area contributed by atoms with Crippen LogP contribution in [0.2, 0.25) is 0 Å². The average Bonchev–Trinajstić information content (AvgIpc) is 3.50. The molecule has 0 amide bonds. The molecule has 2 fully saturated rings. The molecule has 170 valence electrons. The lowest BCUT2D eigenvalue weighted by Crippen LogP contribution is -2.29. The fourth-order valence-electron chi connectivity index (χ4n) is 3.71. The van der Waals surface area contributed by atoms with Crippen LogP contribution in [0.15, 0.2) is 11.0 Å². The summed E-state index contributed by atoms with van der Waals surface area (Å²) < 4.78 is 20.9. The largest absolute Gasteiger partial charge is 0.461 e. The van der Waals surface area contributed by atoms with Gasteiger partial charge in [-0.2, -0.15) is 0 Å². The second-order valence-corrected chi connectivity index (χ2v) is 6.92. The number of hydrogen-bond acceptors (Lipinski definition) is 7. The number of ether oxygens (including phenoxy) is 1. The van der Waals surface area contributed by atoms with Gasteiger partial charge in [-0.25, -0.2) is 14.2 Å². The van der Waals surface area contributed by atoms with Crippen molar-refractivity contribution in [3.05, 3.63) is 39.3 Å². The van der Waals surface area contributed by atoms with E-state index in [1.807, 2.05) is 18.7 Å². The van der Waals surface area contributed by atoms with Crippen molar-refractivity contribution in [3.63, 3.8) is 0 Å². The van der Waals surface area contributed by atoms with Crippen molar-refractivity contribution in [2.45, 2.75) is 52.4 Å². The van der Waals surface area contributed by atoms with Crippen LogP contribution in [0.1, 0.15) is 78.9 Å². The van der Waals surface area contributed by atoms with E-state index in [1.165, 1.54) is 0 Å². The maximum absolute atomic E-state index is 14.9. The first kappa shape index (κ1) is 24.5. The van der Waals surface area contributed by atoms with Gasteiger partial charge in [-0.15, -0.1) is 0 Å². The summed E-state index contributed by atoms with van der Waals surface area (Å²) in [5.74, 6) is -1.45. The Kier molecular flexibility index (Phi) is 8.67. The standard InChI is InChI=1S/C19H20FN3O4.C2H6.CH4O/c1-2-27-19(26)15-18(25)23-9-13(20)16(22-7-3-4-8-22)12(10-24)17(23)14(21-15)11-5-6-11;2*1-2/h9-11H,2-8H2,1H3;1-2H3;2H,1H3. The van der Waals surface area contributed by atoms with Gasteiger partial charge in [-0.05, 0) is 32.6 Å². The normalized spacial score (nSPS) is 15.0. The zero-order valence-electron chi connectivity index (χ0n) is 18.5. The Hall–Kier alpha value is -2.81. The average molecular weight is 435 g/mol. The number of fused-ring (bicyclic) bond motifs is 1. The summed E-state index contributed by atoms with van der Waals surface area (Å²) in [7, 11) is 1.00. The highest BCUT2D eigenvalue weighted by Gasteiger charge is 2.33. The summed E-state index contributed by atoms with van der Waals surface area (Å²) >= 11 is 0. The molecule has 0 atom stereocenters. The third kappa shape index (κ3) is 4.76. The fraction of sp³-hybridized carbons (Fsp3) is 0.545. The second kappa shape index (κ2) is 11.0. The molecule has 1 N–H and O–H groups in total. The van der Waals surface area contributed by atoms with Gasteiger partial charge < -0.3 is 14.7 Å². The van der Waals surface area contributed by atoms with Gasteiger partial charge in [0.15, 0.2) is 12.1 Å². The van der Waals surface area contributed by atoms with Crippen molar-refractivity contribution >= 4 is 23.5 Å². The van der Waals surface area contributed by atoms with Gasteiger partial charge in [0.1, 0.15) is 0 Å². The number of aldehydes is 1. The summed E-state index contributed by atoms with van der Waals surface area (Å²) in [6, 6.07) is 0. The van der Waals surface area contributed by atoms with Gasteiger partial charge in [0.05, 0.1) is 35.3 Å². The molecule has 1 aliphatic carbocycles. The SMILES string of the molecule is CC.CCOC(=O)c1nc(C2CC2)c2c(C=O)c(N3CCCC3)c(F)cn2c1=O.CO. The van der Waals surface area contributed by atoms with Gasteiger partial charge in [-0.3, -0.25) is 14.0 Å². The van der Waals surface area contributed by atoms with Crippen LogP contribution >= 0.6 is 0 Å². The molecule has 1 aliphatic heterocycles. The Balaban J connectivity index is 0.000000807. The lowest BCUT2D eigenvalue weighted by Gasteiger charge is -2.22. The first-order valence-corrected chi connectivity index (χ1v) is 10.7. The second-order valence-electron chi connectivity index (χ2n) is 6.92. The maximum atomic E-state index is 14.9. The highest BCUT2D eigenvalue weighted by Crippen LogP contribution is 2.42. The van der Waals surface area contributed by atoms with Crippen LogP contribution in [0, 0.1) is 5.82 Å². The predicted octanol–water partition coefficient (Wildman–Crippen LogP) is 2.94. The molecule has 31 heavy (non-hydrogen) atoms. The van der Waals surface area contributed by atoms with E-state index in [1.54, 1.807) is 6.92 Å². The third-order valence-electron chi connectivity index (χ3n) is 5.09. The van der Waals surface area contributed by atoms with Crippen LogP contribution in [0.3, 0.4) is 0 Å². The molecule has 2 aromatic rings. The first-order chi connectivity index (χ1) is 15.1. The minimum absolute atomic E-state index is 0.0457. The molecule has 3 heterocycles. The summed E-state index contributed by atoms with van der Waals surface area (Å²) in [4.78, 5) is 43.0.